The molecule has 0 aromatic carbocycles. The molecule has 0 bridgehead atoms. The largest absolute Gasteiger partial charge is 0.481 e. The van der Waals surface area contributed by atoms with E-state index < -0.39 is 16.8 Å². The van der Waals surface area contributed by atoms with Crippen LogP contribution in [0, 0.1) is 16.0 Å². The maximum Gasteiger partial charge on any atom is 0.311 e. The summed E-state index contributed by atoms with van der Waals surface area (Å²) in [4.78, 5) is 24.7. The Bertz CT molecular complexity index is 478. The number of nitro groups is 1. The molecule has 1 rings (SSSR count). The number of hydrogen-bond acceptors (Lipinski definition) is 6. The maximum absolute atomic E-state index is 10.9. The van der Waals surface area contributed by atoms with Crippen LogP contribution in [0.2, 0.25) is 0 Å². The van der Waals surface area contributed by atoms with Crippen LogP contribution < -0.4 is 11.1 Å². The highest BCUT2D eigenvalue weighted by Crippen LogP contribution is 2.21. The number of rotatable bonds is 7. The van der Waals surface area contributed by atoms with Crippen molar-refractivity contribution in [3.05, 3.63) is 22.2 Å². The molecule has 1 aromatic heterocycles. The molecule has 0 fully saturated rings. The number of carboxylic acid groups (broad SMARTS) is 1. The van der Waals surface area contributed by atoms with Crippen LogP contribution in [0.4, 0.5) is 17.3 Å². The van der Waals surface area contributed by atoms with Crippen molar-refractivity contribution in [2.24, 2.45) is 5.92 Å². The number of carbonyl (C=O) groups is 1. The van der Waals surface area contributed by atoms with Gasteiger partial charge in [0.1, 0.15) is 5.82 Å². The molecule has 0 saturated carbocycles. The molecule has 0 amide bonds. The fourth-order valence-electron chi connectivity index (χ4n) is 1.61. The van der Waals surface area contributed by atoms with E-state index in [4.69, 9.17) is 10.8 Å². The minimum Gasteiger partial charge on any atom is -0.481 e. The number of anilines is 2. The van der Waals surface area contributed by atoms with Crippen LogP contribution >= 0.6 is 0 Å². The van der Waals surface area contributed by atoms with Gasteiger partial charge in [-0.1, -0.05) is 13.3 Å². The third-order valence-electron chi connectivity index (χ3n) is 2.62. The van der Waals surface area contributed by atoms with Gasteiger partial charge >= 0.3 is 11.7 Å². The number of nitrogens with one attached hydrogen (secondary N) is 1. The lowest BCUT2D eigenvalue weighted by molar-refractivity contribution is -0.384. The first-order chi connectivity index (χ1) is 8.95. The third-order valence-corrected chi connectivity index (χ3v) is 2.62. The molecule has 0 spiro atoms. The Balaban J connectivity index is 2.70. The van der Waals surface area contributed by atoms with E-state index in [1.165, 1.54) is 12.1 Å². The van der Waals surface area contributed by atoms with Crippen molar-refractivity contribution < 1.29 is 14.8 Å². The summed E-state index contributed by atoms with van der Waals surface area (Å²) in [6, 6.07) is 2.64. The lowest BCUT2D eigenvalue weighted by atomic mass is 10.0. The Labute approximate surface area is 109 Å². The van der Waals surface area contributed by atoms with Crippen molar-refractivity contribution >= 4 is 23.3 Å². The number of nitrogen functional groups attached to an aromatic ring is 1. The molecule has 4 N–H and O–H groups in total. The van der Waals surface area contributed by atoms with Gasteiger partial charge in [0.25, 0.3) is 0 Å². The van der Waals surface area contributed by atoms with Gasteiger partial charge < -0.3 is 16.2 Å². The molecule has 0 aliphatic rings. The van der Waals surface area contributed by atoms with E-state index in [1.54, 1.807) is 0 Å². The van der Waals surface area contributed by atoms with Gasteiger partial charge in [0, 0.05) is 12.6 Å². The topological polar surface area (TPSA) is 131 Å². The number of hydrogen-bond donors (Lipinski definition) is 3. The van der Waals surface area contributed by atoms with Crippen LogP contribution in [-0.2, 0) is 4.79 Å². The Morgan fingerprint density at radius 3 is 2.79 bits per heavy atom. The van der Waals surface area contributed by atoms with Crippen molar-refractivity contribution in [1.82, 2.24) is 4.98 Å². The predicted molar refractivity (Wildman–Crippen MR) is 69.8 cm³/mol. The lowest BCUT2D eigenvalue weighted by Crippen LogP contribution is -2.23. The van der Waals surface area contributed by atoms with E-state index in [0.717, 1.165) is 6.42 Å². The van der Waals surface area contributed by atoms with E-state index in [1.807, 2.05) is 6.92 Å². The summed E-state index contributed by atoms with van der Waals surface area (Å²) >= 11 is 0. The van der Waals surface area contributed by atoms with Gasteiger partial charge in [0.15, 0.2) is 0 Å². The zero-order valence-electron chi connectivity index (χ0n) is 10.5. The molecule has 104 valence electrons. The second kappa shape index (κ2) is 6.53. The Morgan fingerprint density at radius 1 is 1.63 bits per heavy atom. The van der Waals surface area contributed by atoms with Gasteiger partial charge in [0.2, 0.25) is 5.82 Å². The first kappa shape index (κ1) is 14.7. The van der Waals surface area contributed by atoms with Crippen molar-refractivity contribution in [2.75, 3.05) is 17.6 Å². The zero-order chi connectivity index (χ0) is 14.4. The molecule has 1 unspecified atom stereocenters. The second-order valence-electron chi connectivity index (χ2n) is 4.06. The van der Waals surface area contributed by atoms with Crippen LogP contribution in [0.3, 0.4) is 0 Å². The van der Waals surface area contributed by atoms with Crippen LogP contribution in [0.1, 0.15) is 19.8 Å². The summed E-state index contributed by atoms with van der Waals surface area (Å²) < 4.78 is 0. The van der Waals surface area contributed by atoms with Crippen molar-refractivity contribution in [3.8, 4) is 0 Å². The van der Waals surface area contributed by atoms with Crippen LogP contribution in [-0.4, -0.2) is 27.5 Å². The molecule has 8 heteroatoms. The molecule has 8 nitrogen and oxygen atoms in total. The number of pyridine rings is 1. The van der Waals surface area contributed by atoms with Gasteiger partial charge in [0.05, 0.1) is 10.8 Å². The smallest absolute Gasteiger partial charge is 0.311 e. The van der Waals surface area contributed by atoms with Crippen molar-refractivity contribution in [1.29, 1.82) is 0 Å². The predicted octanol–water partition coefficient (Wildman–Crippen LogP) is 1.48. The number of nitrogens with zero attached hydrogens (tertiary/aromatic N) is 2. The van der Waals surface area contributed by atoms with Gasteiger partial charge in [-0.05, 0) is 12.5 Å². The van der Waals surface area contributed by atoms with Gasteiger partial charge in [-0.2, -0.15) is 0 Å². The average molecular weight is 268 g/mol. The van der Waals surface area contributed by atoms with E-state index in [9.17, 15) is 14.9 Å². The minimum absolute atomic E-state index is 0.197. The monoisotopic (exact) mass is 268 g/mol. The van der Waals surface area contributed by atoms with E-state index in [2.05, 4.69) is 10.3 Å². The summed E-state index contributed by atoms with van der Waals surface area (Å²) in [5, 5.41) is 22.4. The summed E-state index contributed by atoms with van der Waals surface area (Å²) in [5.41, 5.74) is 5.17. The first-order valence-electron chi connectivity index (χ1n) is 5.83. The molecule has 1 aromatic rings. The van der Waals surface area contributed by atoms with Crippen molar-refractivity contribution in [3.63, 3.8) is 0 Å². The Hall–Kier alpha value is -2.38. The summed E-state index contributed by atoms with van der Waals surface area (Å²) in [7, 11) is 0. The van der Waals surface area contributed by atoms with Crippen LogP contribution in [0.15, 0.2) is 12.1 Å². The van der Waals surface area contributed by atoms with Gasteiger partial charge in [-0.15, -0.1) is 0 Å². The maximum atomic E-state index is 10.9. The average Bonchev–Trinajstić information content (AvgIpc) is 2.33. The zero-order valence-corrected chi connectivity index (χ0v) is 10.5. The highest BCUT2D eigenvalue weighted by atomic mass is 16.6. The molecule has 0 radical (unpaired) electrons. The van der Waals surface area contributed by atoms with Gasteiger partial charge in [-0.3, -0.25) is 14.9 Å². The van der Waals surface area contributed by atoms with Crippen LogP contribution in [0.25, 0.3) is 0 Å². The molecule has 0 aliphatic heterocycles. The molecule has 1 heterocycles. The molecule has 1 atom stereocenters. The Kier molecular flexibility index (Phi) is 5.04. The molecular formula is C11H16N4O4. The quantitative estimate of drug-likeness (QED) is 0.504. The molecule has 0 saturated heterocycles. The fourth-order valence-corrected chi connectivity index (χ4v) is 1.61. The SMILES string of the molecule is CCCC(CNc1ccc([N+](=O)[O-])c(N)n1)C(=O)O. The summed E-state index contributed by atoms with van der Waals surface area (Å²) in [6.45, 7) is 2.10. The van der Waals surface area contributed by atoms with E-state index in [-0.39, 0.29) is 18.1 Å². The minimum atomic E-state index is -0.885. The van der Waals surface area contributed by atoms with Gasteiger partial charge in [-0.25, -0.2) is 4.98 Å². The van der Waals surface area contributed by atoms with Crippen molar-refractivity contribution in [2.45, 2.75) is 19.8 Å². The molecule has 0 aliphatic carbocycles. The lowest BCUT2D eigenvalue weighted by Gasteiger charge is -2.12. The highest BCUT2D eigenvalue weighted by Gasteiger charge is 2.17. The summed E-state index contributed by atoms with van der Waals surface area (Å²) in [6.07, 6.45) is 1.30. The number of aromatic nitrogens is 1. The number of nitrogens with two attached hydrogens (primary N) is 1. The second-order valence-corrected chi connectivity index (χ2v) is 4.06. The van der Waals surface area contributed by atoms with E-state index >= 15 is 0 Å². The third kappa shape index (κ3) is 4.09. The van der Waals surface area contributed by atoms with E-state index in [0.29, 0.717) is 12.2 Å². The fraction of sp³-hybridized carbons (Fsp3) is 0.455. The highest BCUT2D eigenvalue weighted by molar-refractivity contribution is 5.70. The number of aliphatic carboxylic acids is 1. The van der Waals surface area contributed by atoms with Crippen LogP contribution in [0.5, 0.6) is 0 Å². The molecule has 19 heavy (non-hydrogen) atoms. The molecular weight excluding hydrogens is 252 g/mol. The normalized spacial score (nSPS) is 11.8. The standard InChI is InChI=1S/C11H16N4O4/c1-2-3-7(11(16)17)6-13-9-5-4-8(15(18)19)10(12)14-9/h4-5,7H,2-3,6H2,1H3,(H,16,17)(H3,12,13,14). The first-order valence-corrected chi connectivity index (χ1v) is 5.83. The number of carboxylic acids is 1. The Morgan fingerprint density at radius 2 is 2.32 bits per heavy atom. The summed E-state index contributed by atoms with van der Waals surface area (Å²) in [5.74, 6) is -1.28.